The topological polar surface area (TPSA) is 85.3 Å². The van der Waals surface area contributed by atoms with Crippen molar-refractivity contribution in [2.24, 2.45) is 0 Å². The van der Waals surface area contributed by atoms with E-state index in [4.69, 9.17) is 14.2 Å². The van der Waals surface area contributed by atoms with Crippen LogP contribution in [0.1, 0.15) is 50.1 Å². The highest BCUT2D eigenvalue weighted by molar-refractivity contribution is 5.97. The highest BCUT2D eigenvalue weighted by Crippen LogP contribution is 2.31. The second kappa shape index (κ2) is 11.6. The molecule has 0 aliphatic heterocycles. The molecule has 0 radical (unpaired) electrons. The SMILES string of the molecule is COCOc1cccc(C(/C(=C/C(=O)O)C(=O)OC2CCCCCC2)N(C)C)c1. The Hall–Kier alpha value is -2.38. The number of rotatable bonds is 9. The molecule has 0 spiro atoms. The molecule has 1 aliphatic rings. The number of methoxy groups -OCH3 is 1. The van der Waals surface area contributed by atoms with Crippen LogP contribution in [0.25, 0.3) is 0 Å². The number of aliphatic carboxylic acids is 1. The maximum Gasteiger partial charge on any atom is 0.336 e. The highest BCUT2D eigenvalue weighted by atomic mass is 16.7. The lowest BCUT2D eigenvalue weighted by Crippen LogP contribution is -2.29. The Labute approximate surface area is 172 Å². The summed E-state index contributed by atoms with van der Waals surface area (Å²) < 4.78 is 16.2. The van der Waals surface area contributed by atoms with Crippen molar-refractivity contribution >= 4 is 11.9 Å². The summed E-state index contributed by atoms with van der Waals surface area (Å²) in [4.78, 5) is 26.3. The summed E-state index contributed by atoms with van der Waals surface area (Å²) in [5.41, 5.74) is 0.824. The Kier molecular flexibility index (Phi) is 9.15. The van der Waals surface area contributed by atoms with Gasteiger partial charge in [0, 0.05) is 13.2 Å². The Morgan fingerprint density at radius 3 is 2.48 bits per heavy atom. The van der Waals surface area contributed by atoms with E-state index in [0.717, 1.165) is 50.2 Å². The predicted molar refractivity (Wildman–Crippen MR) is 109 cm³/mol. The summed E-state index contributed by atoms with van der Waals surface area (Å²) in [7, 11) is 5.12. The Balaban J connectivity index is 2.31. The summed E-state index contributed by atoms with van der Waals surface area (Å²) in [5, 5.41) is 9.39. The lowest BCUT2D eigenvalue weighted by Gasteiger charge is -2.28. The van der Waals surface area contributed by atoms with Gasteiger partial charge in [0.2, 0.25) is 0 Å². The lowest BCUT2D eigenvalue weighted by molar-refractivity contribution is -0.146. The van der Waals surface area contributed by atoms with Crippen LogP contribution in [0.15, 0.2) is 35.9 Å². The summed E-state index contributed by atoms with van der Waals surface area (Å²) in [6.07, 6.45) is 6.74. The van der Waals surface area contributed by atoms with Gasteiger partial charge in [-0.15, -0.1) is 0 Å². The van der Waals surface area contributed by atoms with Crippen molar-refractivity contribution in [3.63, 3.8) is 0 Å². The van der Waals surface area contributed by atoms with E-state index >= 15 is 0 Å². The molecule has 1 atom stereocenters. The molecule has 29 heavy (non-hydrogen) atoms. The van der Waals surface area contributed by atoms with E-state index in [2.05, 4.69) is 0 Å². The maximum absolute atomic E-state index is 13.0. The van der Waals surface area contributed by atoms with Crippen molar-refractivity contribution in [3.05, 3.63) is 41.5 Å². The molecule has 0 amide bonds. The van der Waals surface area contributed by atoms with E-state index < -0.39 is 18.0 Å². The minimum Gasteiger partial charge on any atom is -0.478 e. The van der Waals surface area contributed by atoms with Gasteiger partial charge < -0.3 is 19.3 Å². The third-order valence-electron chi connectivity index (χ3n) is 4.92. The van der Waals surface area contributed by atoms with Gasteiger partial charge >= 0.3 is 11.9 Å². The van der Waals surface area contributed by atoms with E-state index in [1.807, 2.05) is 6.07 Å². The smallest absolute Gasteiger partial charge is 0.336 e. The van der Waals surface area contributed by atoms with E-state index in [9.17, 15) is 14.7 Å². The fourth-order valence-corrected chi connectivity index (χ4v) is 3.62. The van der Waals surface area contributed by atoms with Crippen molar-refractivity contribution in [1.82, 2.24) is 4.90 Å². The fourth-order valence-electron chi connectivity index (χ4n) is 3.62. The Bertz CT molecular complexity index is 707. The standard InChI is InChI=1S/C22H31NO6/c1-23(2)21(16-9-8-12-18(13-16)28-15-27-3)19(14-20(24)25)22(26)29-17-10-6-4-5-7-11-17/h8-9,12-14,17,21H,4-7,10-11,15H2,1-3H3,(H,24,25)/b19-14-. The number of nitrogens with zero attached hydrogens (tertiary/aromatic N) is 1. The number of benzene rings is 1. The van der Waals surface area contributed by atoms with E-state index in [1.54, 1.807) is 37.2 Å². The molecule has 1 unspecified atom stereocenters. The van der Waals surface area contributed by atoms with Gasteiger partial charge in [0.05, 0.1) is 11.6 Å². The Morgan fingerprint density at radius 2 is 1.90 bits per heavy atom. The zero-order valence-electron chi connectivity index (χ0n) is 17.4. The van der Waals surface area contributed by atoms with Crippen LogP contribution in [0.3, 0.4) is 0 Å². The molecule has 0 bridgehead atoms. The molecule has 1 N–H and O–H groups in total. The zero-order valence-corrected chi connectivity index (χ0v) is 17.4. The second-order valence-electron chi connectivity index (χ2n) is 7.45. The third-order valence-corrected chi connectivity index (χ3v) is 4.92. The van der Waals surface area contributed by atoms with Gasteiger partial charge in [-0.1, -0.05) is 25.0 Å². The quantitative estimate of drug-likeness (QED) is 0.291. The van der Waals surface area contributed by atoms with Crippen LogP contribution in [0, 0.1) is 0 Å². The molecule has 1 aliphatic carbocycles. The van der Waals surface area contributed by atoms with Crippen LogP contribution < -0.4 is 4.74 Å². The van der Waals surface area contributed by atoms with Crippen LogP contribution in [0.4, 0.5) is 0 Å². The second-order valence-corrected chi connectivity index (χ2v) is 7.45. The average Bonchev–Trinajstić information content (AvgIpc) is 2.94. The van der Waals surface area contributed by atoms with Gasteiger partial charge in [-0.2, -0.15) is 0 Å². The Morgan fingerprint density at radius 1 is 1.21 bits per heavy atom. The molecule has 2 rings (SSSR count). The predicted octanol–water partition coefficient (Wildman–Crippen LogP) is 3.55. The first-order valence-corrected chi connectivity index (χ1v) is 9.96. The number of carbonyl (C=O) groups is 2. The number of carboxylic acid groups (broad SMARTS) is 1. The van der Waals surface area contributed by atoms with Crippen LogP contribution in [-0.4, -0.2) is 56.0 Å². The van der Waals surface area contributed by atoms with E-state index in [-0.39, 0.29) is 18.5 Å². The van der Waals surface area contributed by atoms with Gasteiger partial charge in [-0.05, 0) is 57.5 Å². The molecule has 0 saturated heterocycles. The minimum absolute atomic E-state index is 0.0932. The lowest BCUT2D eigenvalue weighted by atomic mass is 9.96. The number of carbonyl (C=O) groups excluding carboxylic acids is 1. The molecule has 7 heteroatoms. The number of carboxylic acids is 1. The molecular formula is C22H31NO6. The molecule has 160 valence electrons. The summed E-state index contributed by atoms with van der Waals surface area (Å²) in [6.45, 7) is 0.0949. The first kappa shape index (κ1) is 22.9. The van der Waals surface area contributed by atoms with Crippen molar-refractivity contribution in [2.45, 2.75) is 50.7 Å². The van der Waals surface area contributed by atoms with Gasteiger partial charge in [0.25, 0.3) is 0 Å². The van der Waals surface area contributed by atoms with Gasteiger partial charge in [0.1, 0.15) is 11.9 Å². The van der Waals surface area contributed by atoms with Crippen molar-refractivity contribution in [2.75, 3.05) is 28.0 Å². The number of hydrogen-bond acceptors (Lipinski definition) is 6. The third kappa shape index (κ3) is 7.18. The number of hydrogen-bond donors (Lipinski definition) is 1. The normalized spacial score (nSPS) is 16.9. The molecule has 1 saturated carbocycles. The number of esters is 1. The first-order valence-electron chi connectivity index (χ1n) is 9.96. The van der Waals surface area contributed by atoms with Gasteiger partial charge in [0.15, 0.2) is 6.79 Å². The van der Waals surface area contributed by atoms with Gasteiger partial charge in [-0.3, -0.25) is 4.90 Å². The summed E-state index contributed by atoms with van der Waals surface area (Å²) in [5.74, 6) is -1.19. The number of likely N-dealkylation sites (N-methyl/N-ethyl adjacent to an activating group) is 1. The molecule has 0 aromatic heterocycles. The molecule has 7 nitrogen and oxygen atoms in total. The van der Waals surface area contributed by atoms with Crippen molar-refractivity contribution in [3.8, 4) is 5.75 Å². The average molecular weight is 405 g/mol. The highest BCUT2D eigenvalue weighted by Gasteiger charge is 2.29. The van der Waals surface area contributed by atoms with Gasteiger partial charge in [-0.25, -0.2) is 9.59 Å². The number of ether oxygens (including phenoxy) is 3. The zero-order chi connectivity index (χ0) is 21.2. The molecule has 1 aromatic carbocycles. The minimum atomic E-state index is -1.18. The largest absolute Gasteiger partial charge is 0.478 e. The fraction of sp³-hybridized carbons (Fsp3) is 0.545. The van der Waals surface area contributed by atoms with Crippen LogP contribution in [0.2, 0.25) is 0 Å². The molecule has 0 heterocycles. The van der Waals surface area contributed by atoms with Crippen LogP contribution in [-0.2, 0) is 19.1 Å². The summed E-state index contributed by atoms with van der Waals surface area (Å²) in [6, 6.07) is 6.60. The van der Waals surface area contributed by atoms with Crippen LogP contribution in [0.5, 0.6) is 5.75 Å². The molecular weight excluding hydrogens is 374 g/mol. The molecule has 1 fully saturated rings. The van der Waals surface area contributed by atoms with Crippen molar-refractivity contribution < 1.29 is 28.9 Å². The monoisotopic (exact) mass is 405 g/mol. The van der Waals surface area contributed by atoms with E-state index in [1.165, 1.54) is 7.11 Å². The first-order chi connectivity index (χ1) is 13.9. The van der Waals surface area contributed by atoms with Crippen molar-refractivity contribution in [1.29, 1.82) is 0 Å². The molecule has 1 aromatic rings. The van der Waals surface area contributed by atoms with Crippen LogP contribution >= 0.6 is 0 Å². The maximum atomic E-state index is 13.0. The summed E-state index contributed by atoms with van der Waals surface area (Å²) >= 11 is 0. The van der Waals surface area contributed by atoms with E-state index in [0.29, 0.717) is 5.75 Å².